The van der Waals surface area contributed by atoms with E-state index in [4.69, 9.17) is 21.1 Å². The van der Waals surface area contributed by atoms with Gasteiger partial charge in [-0.2, -0.15) is 0 Å². The zero-order chi connectivity index (χ0) is 19.8. The number of carbonyl (C=O) groups is 2. The zero-order valence-electron chi connectivity index (χ0n) is 14.4. The van der Waals surface area contributed by atoms with E-state index in [1.807, 2.05) is 0 Å². The van der Waals surface area contributed by atoms with Crippen molar-refractivity contribution in [1.82, 2.24) is 0 Å². The highest BCUT2D eigenvalue weighted by molar-refractivity contribution is 6.30. The molecule has 140 valence electrons. The van der Waals surface area contributed by atoms with Crippen LogP contribution in [0.1, 0.15) is 18.9 Å². The summed E-state index contributed by atoms with van der Waals surface area (Å²) >= 11 is 5.93. The third kappa shape index (κ3) is 6.91. The van der Waals surface area contributed by atoms with Crippen molar-refractivity contribution in [3.8, 4) is 5.75 Å². The number of hydrogen-bond donors (Lipinski definition) is 0. The van der Waals surface area contributed by atoms with Gasteiger partial charge in [0, 0.05) is 17.2 Å². The van der Waals surface area contributed by atoms with Crippen molar-refractivity contribution in [3.05, 3.63) is 75.0 Å². The van der Waals surface area contributed by atoms with Crippen LogP contribution in [0.15, 0.2) is 54.3 Å². The number of esters is 1. The molecule has 0 spiro atoms. The molecule has 0 unspecified atom stereocenters. The molecule has 0 heterocycles. The van der Waals surface area contributed by atoms with Gasteiger partial charge < -0.3 is 9.47 Å². The summed E-state index contributed by atoms with van der Waals surface area (Å²) in [7, 11) is 0. The van der Waals surface area contributed by atoms with Gasteiger partial charge in [0.2, 0.25) is 0 Å². The normalized spacial score (nSPS) is 11.0. The molecule has 27 heavy (non-hydrogen) atoms. The lowest BCUT2D eigenvalue weighted by Gasteiger charge is -2.11. The van der Waals surface area contributed by atoms with E-state index < -0.39 is 10.9 Å². The van der Waals surface area contributed by atoms with Crippen LogP contribution < -0.4 is 4.74 Å². The van der Waals surface area contributed by atoms with Gasteiger partial charge in [0.25, 0.3) is 5.69 Å². The molecular weight excluding hydrogens is 374 g/mol. The zero-order valence-corrected chi connectivity index (χ0v) is 15.1. The molecule has 8 heteroatoms. The van der Waals surface area contributed by atoms with E-state index in [1.165, 1.54) is 31.2 Å². The first kappa shape index (κ1) is 20.1. The van der Waals surface area contributed by atoms with Gasteiger partial charge in [0.15, 0.2) is 0 Å². The standard InChI is InChI=1S/C19H16ClNO6/c1-13(22)9-19(23)26-12-18(27-17-4-2-3-15(20)11-17)10-14-5-7-16(8-6-14)21(24)25/h2-8,10-11H,9,12H2,1H3/b18-10+. The van der Waals surface area contributed by atoms with Crippen molar-refractivity contribution in [3.63, 3.8) is 0 Å². The molecule has 0 radical (unpaired) electrons. The molecule has 0 bridgehead atoms. The summed E-state index contributed by atoms with van der Waals surface area (Å²) in [4.78, 5) is 32.8. The number of halogens is 1. The predicted molar refractivity (Wildman–Crippen MR) is 99.4 cm³/mol. The van der Waals surface area contributed by atoms with Crippen LogP contribution in [0.2, 0.25) is 5.02 Å². The smallest absolute Gasteiger partial charge is 0.313 e. The van der Waals surface area contributed by atoms with Crippen molar-refractivity contribution >= 4 is 35.1 Å². The van der Waals surface area contributed by atoms with Crippen LogP contribution in [0, 0.1) is 10.1 Å². The lowest BCUT2D eigenvalue weighted by molar-refractivity contribution is -0.384. The van der Waals surface area contributed by atoms with E-state index in [1.54, 1.807) is 30.3 Å². The number of Topliss-reactive ketones (excluding diaryl/α,β-unsaturated/α-hetero) is 1. The number of ether oxygens (including phenoxy) is 2. The minimum Gasteiger partial charge on any atom is -0.458 e. The van der Waals surface area contributed by atoms with Crippen LogP contribution in [0.4, 0.5) is 5.69 Å². The average Bonchev–Trinajstić information content (AvgIpc) is 2.59. The molecule has 0 aliphatic heterocycles. The largest absolute Gasteiger partial charge is 0.458 e. The van der Waals surface area contributed by atoms with E-state index in [-0.39, 0.29) is 30.3 Å². The maximum atomic E-state index is 11.6. The second-order valence-corrected chi connectivity index (χ2v) is 5.99. The van der Waals surface area contributed by atoms with Crippen molar-refractivity contribution in [2.45, 2.75) is 13.3 Å². The second kappa shape index (κ2) is 9.49. The Morgan fingerprint density at radius 1 is 1.19 bits per heavy atom. The van der Waals surface area contributed by atoms with Crippen LogP contribution in [-0.4, -0.2) is 23.3 Å². The van der Waals surface area contributed by atoms with Gasteiger partial charge in [-0.1, -0.05) is 17.7 Å². The fraction of sp³-hybridized carbons (Fsp3) is 0.158. The molecule has 0 aliphatic rings. The van der Waals surface area contributed by atoms with Gasteiger partial charge >= 0.3 is 5.97 Å². The molecule has 0 fully saturated rings. The van der Waals surface area contributed by atoms with Crippen LogP contribution in [0.5, 0.6) is 5.75 Å². The van der Waals surface area contributed by atoms with Crippen LogP contribution in [0.3, 0.4) is 0 Å². The number of carbonyl (C=O) groups excluding carboxylic acids is 2. The highest BCUT2D eigenvalue weighted by Gasteiger charge is 2.11. The predicted octanol–water partition coefficient (Wildman–Crippen LogP) is 4.19. The fourth-order valence-electron chi connectivity index (χ4n) is 2.07. The third-order valence-electron chi connectivity index (χ3n) is 3.25. The monoisotopic (exact) mass is 389 g/mol. The summed E-state index contributed by atoms with van der Waals surface area (Å²) in [5.41, 5.74) is 0.567. The number of nitrogens with zero attached hydrogens (tertiary/aromatic N) is 1. The topological polar surface area (TPSA) is 95.7 Å². The Hall–Kier alpha value is -3.19. The minimum atomic E-state index is -0.674. The molecule has 0 saturated heterocycles. The van der Waals surface area contributed by atoms with E-state index in [2.05, 4.69) is 0 Å². The first-order chi connectivity index (χ1) is 12.8. The van der Waals surface area contributed by atoms with Gasteiger partial charge in [-0.25, -0.2) is 0 Å². The second-order valence-electron chi connectivity index (χ2n) is 5.56. The molecule has 0 saturated carbocycles. The maximum absolute atomic E-state index is 11.6. The number of nitro groups is 1. The van der Waals surface area contributed by atoms with E-state index in [0.29, 0.717) is 16.3 Å². The number of rotatable bonds is 8. The Balaban J connectivity index is 2.20. The number of non-ortho nitro benzene ring substituents is 1. The summed E-state index contributed by atoms with van der Waals surface area (Å²) in [5.74, 6) is -0.287. The summed E-state index contributed by atoms with van der Waals surface area (Å²) in [6.45, 7) is 1.08. The summed E-state index contributed by atoms with van der Waals surface area (Å²) in [6, 6.07) is 12.4. The highest BCUT2D eigenvalue weighted by Crippen LogP contribution is 2.21. The molecule has 0 N–H and O–H groups in total. The van der Waals surface area contributed by atoms with Gasteiger partial charge in [0.05, 0.1) is 4.92 Å². The van der Waals surface area contributed by atoms with Gasteiger partial charge in [0.1, 0.15) is 30.3 Å². The molecule has 2 aromatic rings. The van der Waals surface area contributed by atoms with E-state index >= 15 is 0 Å². The Labute approximate surface area is 160 Å². The van der Waals surface area contributed by atoms with Crippen molar-refractivity contribution in [2.24, 2.45) is 0 Å². The number of hydrogen-bond acceptors (Lipinski definition) is 6. The summed E-state index contributed by atoms with van der Waals surface area (Å²) in [6.07, 6.45) is 1.24. The van der Waals surface area contributed by atoms with Crippen LogP contribution in [0.25, 0.3) is 6.08 Å². The van der Waals surface area contributed by atoms with Gasteiger partial charge in [-0.3, -0.25) is 19.7 Å². The summed E-state index contributed by atoms with van der Waals surface area (Å²) in [5, 5.41) is 11.2. The Morgan fingerprint density at radius 2 is 1.89 bits per heavy atom. The first-order valence-corrected chi connectivity index (χ1v) is 8.25. The molecule has 0 aromatic heterocycles. The minimum absolute atomic E-state index is 0.0441. The molecule has 7 nitrogen and oxygen atoms in total. The Morgan fingerprint density at radius 3 is 2.48 bits per heavy atom. The molecule has 2 rings (SSSR count). The Bertz CT molecular complexity index is 876. The lowest BCUT2D eigenvalue weighted by atomic mass is 10.2. The Kier molecular flexibility index (Phi) is 7.08. The van der Waals surface area contributed by atoms with Crippen LogP contribution >= 0.6 is 11.6 Å². The summed E-state index contributed by atoms with van der Waals surface area (Å²) < 4.78 is 10.8. The van der Waals surface area contributed by atoms with E-state index in [9.17, 15) is 19.7 Å². The lowest BCUT2D eigenvalue weighted by Crippen LogP contribution is -2.13. The molecule has 2 aromatic carbocycles. The molecule has 0 amide bonds. The maximum Gasteiger partial charge on any atom is 0.313 e. The number of benzene rings is 2. The number of ketones is 1. The third-order valence-corrected chi connectivity index (χ3v) is 3.48. The quantitative estimate of drug-likeness (QED) is 0.221. The van der Waals surface area contributed by atoms with Gasteiger partial charge in [-0.15, -0.1) is 0 Å². The van der Waals surface area contributed by atoms with Crippen molar-refractivity contribution in [1.29, 1.82) is 0 Å². The SMILES string of the molecule is CC(=O)CC(=O)OC/C(=C\c1ccc([N+](=O)[O-])cc1)Oc1cccc(Cl)c1. The number of nitro benzene ring substituents is 1. The highest BCUT2D eigenvalue weighted by atomic mass is 35.5. The molecule has 0 atom stereocenters. The fourth-order valence-corrected chi connectivity index (χ4v) is 2.25. The van der Waals surface area contributed by atoms with Crippen LogP contribution in [-0.2, 0) is 14.3 Å². The van der Waals surface area contributed by atoms with Crippen molar-refractivity contribution < 1.29 is 24.0 Å². The molecule has 0 aliphatic carbocycles. The van der Waals surface area contributed by atoms with Crippen molar-refractivity contribution in [2.75, 3.05) is 6.61 Å². The first-order valence-electron chi connectivity index (χ1n) is 7.87. The molecular formula is C19H16ClNO6. The average molecular weight is 390 g/mol. The van der Waals surface area contributed by atoms with E-state index in [0.717, 1.165) is 0 Å². The van der Waals surface area contributed by atoms with Gasteiger partial charge in [-0.05, 0) is 48.9 Å².